The first-order chi connectivity index (χ1) is 13.5. The third kappa shape index (κ3) is 3.67. The van der Waals surface area contributed by atoms with Gasteiger partial charge in [-0.05, 0) is 29.7 Å². The second-order valence-electron chi connectivity index (χ2n) is 7.26. The molecule has 2 aliphatic heterocycles. The highest BCUT2D eigenvalue weighted by atomic mass is 35.5. The standard InChI is InChI=1S/C22H21ClN2O3/c23-17-6-3-5-16(12-17)20(26)8-9-21(27)24-13-19-18-7-2-1-4-15(18)10-11-25(19)22(28)14-24/h1-7,12,19H,8-11,13-14H2. The van der Waals surface area contributed by atoms with E-state index in [1.54, 1.807) is 29.2 Å². The lowest BCUT2D eigenvalue weighted by Crippen LogP contribution is -2.55. The van der Waals surface area contributed by atoms with E-state index in [4.69, 9.17) is 11.6 Å². The third-order valence-corrected chi connectivity index (χ3v) is 5.75. The Bertz CT molecular complexity index is 943. The molecule has 0 aliphatic carbocycles. The van der Waals surface area contributed by atoms with Crippen molar-refractivity contribution in [1.82, 2.24) is 9.80 Å². The average molecular weight is 397 g/mol. The Morgan fingerprint density at radius 3 is 2.71 bits per heavy atom. The van der Waals surface area contributed by atoms with Crippen molar-refractivity contribution in [2.75, 3.05) is 19.6 Å². The minimum atomic E-state index is -0.161. The fourth-order valence-corrected chi connectivity index (χ4v) is 4.24. The van der Waals surface area contributed by atoms with Gasteiger partial charge >= 0.3 is 0 Å². The fourth-order valence-electron chi connectivity index (χ4n) is 4.05. The van der Waals surface area contributed by atoms with Gasteiger partial charge in [0.05, 0.1) is 12.6 Å². The lowest BCUT2D eigenvalue weighted by molar-refractivity contribution is -0.149. The molecule has 1 unspecified atom stereocenters. The number of benzene rings is 2. The van der Waals surface area contributed by atoms with E-state index < -0.39 is 0 Å². The van der Waals surface area contributed by atoms with E-state index in [0.717, 1.165) is 12.0 Å². The number of amides is 2. The van der Waals surface area contributed by atoms with Gasteiger partial charge in [0.15, 0.2) is 5.78 Å². The maximum absolute atomic E-state index is 12.7. The summed E-state index contributed by atoms with van der Waals surface area (Å²) in [7, 11) is 0. The first-order valence-electron chi connectivity index (χ1n) is 9.47. The minimum Gasteiger partial charge on any atom is -0.332 e. The molecule has 5 nitrogen and oxygen atoms in total. The van der Waals surface area contributed by atoms with E-state index in [9.17, 15) is 14.4 Å². The van der Waals surface area contributed by atoms with E-state index in [2.05, 4.69) is 6.07 Å². The maximum Gasteiger partial charge on any atom is 0.242 e. The molecule has 1 atom stereocenters. The molecule has 0 spiro atoms. The van der Waals surface area contributed by atoms with Crippen molar-refractivity contribution in [3.8, 4) is 0 Å². The Kier molecular flexibility index (Phi) is 5.18. The molecular formula is C22H21ClN2O3. The number of carbonyl (C=O) groups is 3. The van der Waals surface area contributed by atoms with Crippen LogP contribution in [0.2, 0.25) is 5.02 Å². The van der Waals surface area contributed by atoms with Crippen LogP contribution in [0.5, 0.6) is 0 Å². The topological polar surface area (TPSA) is 57.7 Å². The SMILES string of the molecule is O=C(CCC(=O)N1CC(=O)N2CCc3ccccc3C2C1)c1cccc(Cl)c1. The molecule has 28 heavy (non-hydrogen) atoms. The zero-order chi connectivity index (χ0) is 19.7. The van der Waals surface area contributed by atoms with Crippen LogP contribution >= 0.6 is 11.6 Å². The quantitative estimate of drug-likeness (QED) is 0.745. The summed E-state index contributed by atoms with van der Waals surface area (Å²) in [6.45, 7) is 1.26. The van der Waals surface area contributed by atoms with Crippen LogP contribution < -0.4 is 0 Å². The highest BCUT2D eigenvalue weighted by molar-refractivity contribution is 6.31. The van der Waals surface area contributed by atoms with Crippen LogP contribution in [-0.4, -0.2) is 47.0 Å². The summed E-state index contributed by atoms with van der Waals surface area (Å²) >= 11 is 5.93. The molecular weight excluding hydrogens is 376 g/mol. The molecule has 2 amide bonds. The van der Waals surface area contributed by atoms with Crippen LogP contribution in [0.1, 0.15) is 40.4 Å². The fraction of sp³-hybridized carbons (Fsp3) is 0.318. The predicted molar refractivity (Wildman–Crippen MR) is 106 cm³/mol. The van der Waals surface area contributed by atoms with Gasteiger partial charge in [0, 0.05) is 36.5 Å². The van der Waals surface area contributed by atoms with Gasteiger partial charge in [-0.15, -0.1) is 0 Å². The second kappa shape index (κ2) is 7.76. The van der Waals surface area contributed by atoms with Crippen molar-refractivity contribution in [3.63, 3.8) is 0 Å². The van der Waals surface area contributed by atoms with Crippen LogP contribution in [0.15, 0.2) is 48.5 Å². The number of carbonyl (C=O) groups excluding carboxylic acids is 3. The largest absolute Gasteiger partial charge is 0.332 e. The Morgan fingerprint density at radius 2 is 1.89 bits per heavy atom. The molecule has 0 N–H and O–H groups in total. The maximum atomic E-state index is 12.7. The van der Waals surface area contributed by atoms with E-state index in [0.29, 0.717) is 23.7 Å². The van der Waals surface area contributed by atoms with Crippen molar-refractivity contribution in [1.29, 1.82) is 0 Å². The number of rotatable bonds is 4. The smallest absolute Gasteiger partial charge is 0.242 e. The number of nitrogens with zero attached hydrogens (tertiary/aromatic N) is 2. The van der Waals surface area contributed by atoms with Crippen molar-refractivity contribution in [2.45, 2.75) is 25.3 Å². The molecule has 0 radical (unpaired) electrons. The number of halogens is 1. The number of hydrogen-bond acceptors (Lipinski definition) is 3. The van der Waals surface area contributed by atoms with Crippen molar-refractivity contribution in [2.24, 2.45) is 0 Å². The Hall–Kier alpha value is -2.66. The average Bonchev–Trinajstić information content (AvgIpc) is 2.71. The molecule has 0 bridgehead atoms. The van der Waals surface area contributed by atoms with E-state index in [-0.39, 0.29) is 43.0 Å². The molecule has 2 aliphatic rings. The van der Waals surface area contributed by atoms with Gasteiger partial charge in [-0.2, -0.15) is 0 Å². The van der Waals surface area contributed by atoms with E-state index >= 15 is 0 Å². The van der Waals surface area contributed by atoms with Gasteiger partial charge in [-0.25, -0.2) is 0 Å². The van der Waals surface area contributed by atoms with Crippen molar-refractivity contribution < 1.29 is 14.4 Å². The molecule has 2 aromatic carbocycles. The third-order valence-electron chi connectivity index (χ3n) is 5.52. The molecule has 6 heteroatoms. The zero-order valence-corrected chi connectivity index (χ0v) is 16.2. The summed E-state index contributed by atoms with van der Waals surface area (Å²) in [5, 5.41) is 0.495. The number of hydrogen-bond donors (Lipinski definition) is 0. The lowest BCUT2D eigenvalue weighted by Gasteiger charge is -2.44. The molecule has 2 heterocycles. The highest BCUT2D eigenvalue weighted by Crippen LogP contribution is 2.33. The van der Waals surface area contributed by atoms with Crippen molar-refractivity contribution >= 4 is 29.2 Å². The Morgan fingerprint density at radius 1 is 1.07 bits per heavy atom. The highest BCUT2D eigenvalue weighted by Gasteiger charge is 2.38. The van der Waals surface area contributed by atoms with Gasteiger partial charge in [0.2, 0.25) is 11.8 Å². The van der Waals surface area contributed by atoms with Crippen LogP contribution in [0.4, 0.5) is 0 Å². The van der Waals surface area contributed by atoms with Gasteiger partial charge in [0.25, 0.3) is 0 Å². The monoisotopic (exact) mass is 396 g/mol. The molecule has 1 saturated heterocycles. The minimum absolute atomic E-state index is 0.0275. The van der Waals surface area contributed by atoms with E-state index in [1.807, 2.05) is 23.1 Å². The summed E-state index contributed by atoms with van der Waals surface area (Å²) in [6, 6.07) is 14.7. The van der Waals surface area contributed by atoms with Crippen LogP contribution in [0.3, 0.4) is 0 Å². The predicted octanol–water partition coefficient (Wildman–Crippen LogP) is 3.27. The van der Waals surface area contributed by atoms with Crippen molar-refractivity contribution in [3.05, 3.63) is 70.2 Å². The summed E-state index contributed by atoms with van der Waals surface area (Å²) in [5.41, 5.74) is 2.86. The number of piperazine rings is 1. The number of ketones is 1. The number of Topliss-reactive ketones (excluding diaryl/α,β-unsaturated/α-hetero) is 1. The Balaban J connectivity index is 1.43. The molecule has 144 valence electrons. The summed E-state index contributed by atoms with van der Waals surface area (Å²) in [6.07, 6.45) is 1.04. The molecule has 2 aromatic rings. The van der Waals surface area contributed by atoms with Gasteiger partial charge in [0.1, 0.15) is 0 Å². The summed E-state index contributed by atoms with van der Waals surface area (Å²) in [4.78, 5) is 41.1. The lowest BCUT2D eigenvalue weighted by atomic mass is 9.90. The van der Waals surface area contributed by atoms with E-state index in [1.165, 1.54) is 5.56 Å². The first kappa shape index (κ1) is 18.7. The summed E-state index contributed by atoms with van der Waals surface area (Å²) in [5.74, 6) is -0.310. The molecule has 4 rings (SSSR count). The number of fused-ring (bicyclic) bond motifs is 3. The zero-order valence-electron chi connectivity index (χ0n) is 15.4. The Labute approximate surface area is 168 Å². The van der Waals surface area contributed by atoms with Gasteiger partial charge < -0.3 is 9.80 Å². The van der Waals surface area contributed by atoms with Crippen LogP contribution in [0.25, 0.3) is 0 Å². The second-order valence-corrected chi connectivity index (χ2v) is 7.70. The van der Waals surface area contributed by atoms with Gasteiger partial charge in [-0.3, -0.25) is 14.4 Å². The normalized spacial score (nSPS) is 18.5. The first-order valence-corrected chi connectivity index (χ1v) is 9.84. The molecule has 0 aromatic heterocycles. The van der Waals surface area contributed by atoms with Gasteiger partial charge in [-0.1, -0.05) is 48.0 Å². The molecule has 1 fully saturated rings. The summed E-state index contributed by atoms with van der Waals surface area (Å²) < 4.78 is 0. The van der Waals surface area contributed by atoms with Crippen LogP contribution in [0, 0.1) is 0 Å². The van der Waals surface area contributed by atoms with Crippen LogP contribution in [-0.2, 0) is 16.0 Å². The molecule has 0 saturated carbocycles.